The van der Waals surface area contributed by atoms with Crippen molar-refractivity contribution in [1.29, 1.82) is 0 Å². The molecule has 0 fully saturated rings. The largest absolute Gasteiger partial charge is 0.491 e. The standard InChI is InChI=1S/C11H17ClN2O2/c1-14(2)13-7-10(15)8-16-11-5-3-9(12)4-6-11/h3-6,10,13,15H,7-8H2,1-2H3/t10-/m1/s1. The number of aliphatic hydroxyl groups excluding tert-OH is 1. The molecule has 16 heavy (non-hydrogen) atoms. The van der Waals surface area contributed by atoms with Gasteiger partial charge in [0.2, 0.25) is 0 Å². The summed E-state index contributed by atoms with van der Waals surface area (Å²) in [6, 6.07) is 7.05. The van der Waals surface area contributed by atoms with Crippen LogP contribution in [0.25, 0.3) is 0 Å². The fourth-order valence-corrected chi connectivity index (χ4v) is 1.20. The zero-order valence-electron chi connectivity index (χ0n) is 9.48. The number of rotatable bonds is 6. The molecule has 90 valence electrons. The van der Waals surface area contributed by atoms with Gasteiger partial charge in [-0.25, -0.2) is 0 Å². The molecule has 0 bridgehead atoms. The molecule has 0 aliphatic rings. The minimum Gasteiger partial charge on any atom is -0.491 e. The molecule has 1 aromatic carbocycles. The summed E-state index contributed by atoms with van der Waals surface area (Å²) in [5.74, 6) is 0.702. The second-order valence-corrected chi connectivity index (χ2v) is 4.11. The van der Waals surface area contributed by atoms with E-state index in [9.17, 15) is 5.11 Å². The van der Waals surface area contributed by atoms with Gasteiger partial charge >= 0.3 is 0 Å². The number of benzene rings is 1. The number of hydrogen-bond donors (Lipinski definition) is 2. The molecule has 0 amide bonds. The summed E-state index contributed by atoms with van der Waals surface area (Å²) < 4.78 is 5.39. The molecular weight excluding hydrogens is 228 g/mol. The summed E-state index contributed by atoms with van der Waals surface area (Å²) in [6.45, 7) is 0.711. The maximum absolute atomic E-state index is 9.57. The molecule has 0 radical (unpaired) electrons. The van der Waals surface area contributed by atoms with Gasteiger partial charge in [0.05, 0.1) is 0 Å². The summed E-state index contributed by atoms with van der Waals surface area (Å²) in [5, 5.41) is 12.0. The van der Waals surface area contributed by atoms with Gasteiger partial charge in [-0.3, -0.25) is 10.4 Å². The highest BCUT2D eigenvalue weighted by Gasteiger charge is 2.05. The summed E-state index contributed by atoms with van der Waals surface area (Å²) in [6.07, 6.45) is -0.543. The first kappa shape index (κ1) is 13.3. The molecule has 0 aliphatic heterocycles. The lowest BCUT2D eigenvalue weighted by Gasteiger charge is -2.16. The van der Waals surface area contributed by atoms with Crippen LogP contribution >= 0.6 is 11.6 Å². The Morgan fingerprint density at radius 1 is 1.38 bits per heavy atom. The average molecular weight is 245 g/mol. The van der Waals surface area contributed by atoms with Crippen LogP contribution in [0, 0.1) is 0 Å². The van der Waals surface area contributed by atoms with Gasteiger partial charge in [0.25, 0.3) is 0 Å². The van der Waals surface area contributed by atoms with Gasteiger partial charge in [-0.2, -0.15) is 0 Å². The van der Waals surface area contributed by atoms with Crippen molar-refractivity contribution in [2.45, 2.75) is 6.10 Å². The SMILES string of the molecule is CN(C)NC[C@@H](O)COc1ccc(Cl)cc1. The van der Waals surface area contributed by atoms with Crippen LogP contribution in [-0.2, 0) is 0 Å². The van der Waals surface area contributed by atoms with E-state index in [4.69, 9.17) is 16.3 Å². The lowest BCUT2D eigenvalue weighted by molar-refractivity contribution is 0.0884. The van der Waals surface area contributed by atoms with E-state index in [1.807, 2.05) is 14.1 Å². The topological polar surface area (TPSA) is 44.7 Å². The molecule has 0 heterocycles. The first-order chi connectivity index (χ1) is 7.58. The van der Waals surface area contributed by atoms with Gasteiger partial charge in [0.15, 0.2) is 0 Å². The molecule has 1 aromatic rings. The highest BCUT2D eigenvalue weighted by molar-refractivity contribution is 6.30. The molecule has 0 spiro atoms. The van der Waals surface area contributed by atoms with Gasteiger partial charge in [0, 0.05) is 25.7 Å². The van der Waals surface area contributed by atoms with E-state index in [1.54, 1.807) is 29.3 Å². The number of aliphatic hydroxyl groups is 1. The zero-order valence-corrected chi connectivity index (χ0v) is 10.2. The maximum Gasteiger partial charge on any atom is 0.119 e. The van der Waals surface area contributed by atoms with Crippen molar-refractivity contribution < 1.29 is 9.84 Å². The number of hydrogen-bond acceptors (Lipinski definition) is 4. The van der Waals surface area contributed by atoms with E-state index < -0.39 is 6.10 Å². The van der Waals surface area contributed by atoms with Crippen molar-refractivity contribution >= 4 is 11.6 Å². The van der Waals surface area contributed by atoms with Crippen molar-refractivity contribution in [1.82, 2.24) is 10.4 Å². The number of nitrogens with one attached hydrogen (secondary N) is 1. The average Bonchev–Trinajstić information content (AvgIpc) is 2.25. The monoisotopic (exact) mass is 244 g/mol. The van der Waals surface area contributed by atoms with Crippen LogP contribution in [0.4, 0.5) is 0 Å². The number of ether oxygens (including phenoxy) is 1. The summed E-state index contributed by atoms with van der Waals surface area (Å²) in [7, 11) is 3.74. The highest BCUT2D eigenvalue weighted by atomic mass is 35.5. The van der Waals surface area contributed by atoms with Gasteiger partial charge in [-0.1, -0.05) is 11.6 Å². The van der Waals surface area contributed by atoms with E-state index in [-0.39, 0.29) is 6.61 Å². The summed E-state index contributed by atoms with van der Waals surface area (Å²) in [5.41, 5.74) is 2.97. The van der Waals surface area contributed by atoms with E-state index in [0.29, 0.717) is 17.3 Å². The van der Waals surface area contributed by atoms with Crippen LogP contribution in [0.2, 0.25) is 5.02 Å². The molecule has 0 saturated heterocycles. The van der Waals surface area contributed by atoms with E-state index in [0.717, 1.165) is 0 Å². The summed E-state index contributed by atoms with van der Waals surface area (Å²) >= 11 is 5.74. The van der Waals surface area contributed by atoms with Crippen LogP contribution in [-0.4, -0.2) is 43.5 Å². The Morgan fingerprint density at radius 2 is 2.00 bits per heavy atom. The van der Waals surface area contributed by atoms with E-state index >= 15 is 0 Å². The predicted molar refractivity (Wildman–Crippen MR) is 64.6 cm³/mol. The third-order valence-corrected chi connectivity index (χ3v) is 2.15. The minimum absolute atomic E-state index is 0.252. The van der Waals surface area contributed by atoms with Crippen molar-refractivity contribution in [2.24, 2.45) is 0 Å². The van der Waals surface area contributed by atoms with Gasteiger partial charge in [-0.05, 0) is 24.3 Å². The smallest absolute Gasteiger partial charge is 0.119 e. The van der Waals surface area contributed by atoms with Crippen molar-refractivity contribution in [2.75, 3.05) is 27.2 Å². The van der Waals surface area contributed by atoms with Gasteiger partial charge < -0.3 is 9.84 Å². The predicted octanol–water partition coefficient (Wildman–Crippen LogP) is 1.15. The van der Waals surface area contributed by atoms with Crippen molar-refractivity contribution in [3.8, 4) is 5.75 Å². The molecule has 1 rings (SSSR count). The van der Waals surface area contributed by atoms with Crippen LogP contribution in [0.3, 0.4) is 0 Å². The Labute approximate surface area is 101 Å². The van der Waals surface area contributed by atoms with E-state index in [2.05, 4.69) is 5.43 Å². The Morgan fingerprint density at radius 3 is 2.56 bits per heavy atom. The Bertz CT molecular complexity index is 303. The fourth-order valence-electron chi connectivity index (χ4n) is 1.07. The second-order valence-electron chi connectivity index (χ2n) is 3.68. The first-order valence-electron chi connectivity index (χ1n) is 5.05. The van der Waals surface area contributed by atoms with Gasteiger partial charge in [-0.15, -0.1) is 0 Å². The quantitative estimate of drug-likeness (QED) is 0.737. The van der Waals surface area contributed by atoms with Crippen LogP contribution in [0.1, 0.15) is 0 Å². The minimum atomic E-state index is -0.543. The summed E-state index contributed by atoms with van der Waals surface area (Å²) in [4.78, 5) is 0. The van der Waals surface area contributed by atoms with Crippen molar-refractivity contribution in [3.05, 3.63) is 29.3 Å². The zero-order chi connectivity index (χ0) is 12.0. The maximum atomic E-state index is 9.57. The number of hydrazine groups is 1. The lowest BCUT2D eigenvalue weighted by Crippen LogP contribution is -2.39. The van der Waals surface area contributed by atoms with Crippen LogP contribution in [0.15, 0.2) is 24.3 Å². The molecule has 0 unspecified atom stereocenters. The number of nitrogens with zero attached hydrogens (tertiary/aromatic N) is 1. The second kappa shape index (κ2) is 6.70. The van der Waals surface area contributed by atoms with Crippen LogP contribution in [0.5, 0.6) is 5.75 Å². The van der Waals surface area contributed by atoms with Crippen molar-refractivity contribution in [3.63, 3.8) is 0 Å². The number of halogens is 1. The molecule has 0 saturated carbocycles. The third-order valence-electron chi connectivity index (χ3n) is 1.90. The third kappa shape index (κ3) is 5.32. The molecule has 2 N–H and O–H groups in total. The Hall–Kier alpha value is -0.810. The van der Waals surface area contributed by atoms with Gasteiger partial charge in [0.1, 0.15) is 18.5 Å². The highest BCUT2D eigenvalue weighted by Crippen LogP contribution is 2.15. The molecule has 1 atom stereocenters. The fraction of sp³-hybridized carbons (Fsp3) is 0.455. The Kier molecular flexibility index (Phi) is 5.55. The van der Waals surface area contributed by atoms with Crippen LogP contribution < -0.4 is 10.2 Å². The molecule has 4 nitrogen and oxygen atoms in total. The normalized spacial score (nSPS) is 12.8. The molecule has 0 aliphatic carbocycles. The lowest BCUT2D eigenvalue weighted by atomic mass is 10.3. The molecule has 0 aromatic heterocycles. The van der Waals surface area contributed by atoms with E-state index in [1.165, 1.54) is 0 Å². The Balaban J connectivity index is 2.26. The molecule has 5 heteroatoms. The molecular formula is C11H17ClN2O2. The first-order valence-corrected chi connectivity index (χ1v) is 5.43.